The monoisotopic (exact) mass is 311 g/mol. The number of anilines is 1. The summed E-state index contributed by atoms with van der Waals surface area (Å²) in [6.07, 6.45) is 8.12. The number of piperidine rings is 1. The van der Waals surface area contributed by atoms with Gasteiger partial charge in [-0.15, -0.1) is 0 Å². The highest BCUT2D eigenvalue weighted by Crippen LogP contribution is 2.35. The molecule has 4 rings (SSSR count). The van der Waals surface area contributed by atoms with E-state index in [1.54, 1.807) is 10.9 Å². The van der Waals surface area contributed by atoms with Gasteiger partial charge in [0.25, 0.3) is 0 Å². The fourth-order valence-electron chi connectivity index (χ4n) is 3.92. The highest BCUT2D eigenvalue weighted by Gasteiger charge is 2.43. The zero-order valence-corrected chi connectivity index (χ0v) is 13.3. The second-order valence-electron chi connectivity index (χ2n) is 6.39. The van der Waals surface area contributed by atoms with Crippen molar-refractivity contribution < 1.29 is 4.79 Å². The van der Waals surface area contributed by atoms with E-state index in [2.05, 4.69) is 21.0 Å². The fourth-order valence-corrected chi connectivity index (χ4v) is 3.92. The zero-order chi connectivity index (χ0) is 15.8. The Bertz CT molecular complexity index is 698. The van der Waals surface area contributed by atoms with Gasteiger partial charge in [0, 0.05) is 45.0 Å². The maximum absolute atomic E-state index is 12.5. The molecule has 0 unspecified atom stereocenters. The Hall–Kier alpha value is -2.21. The molecule has 0 bridgehead atoms. The number of pyridine rings is 1. The van der Waals surface area contributed by atoms with Crippen molar-refractivity contribution in [2.75, 3.05) is 11.4 Å². The van der Waals surface area contributed by atoms with Gasteiger partial charge < -0.3 is 4.90 Å². The van der Waals surface area contributed by atoms with E-state index in [1.807, 2.05) is 36.5 Å². The number of aromatic nitrogens is 3. The van der Waals surface area contributed by atoms with E-state index in [1.165, 1.54) is 0 Å². The molecule has 0 saturated carbocycles. The van der Waals surface area contributed by atoms with Gasteiger partial charge in [-0.1, -0.05) is 6.07 Å². The quantitative estimate of drug-likeness (QED) is 0.864. The van der Waals surface area contributed by atoms with Gasteiger partial charge in [-0.2, -0.15) is 5.10 Å². The number of carbonyl (C=O) groups is 1. The third kappa shape index (κ3) is 2.63. The molecule has 2 fully saturated rings. The SMILES string of the molecule is Cn1cc(N2C(=O)CC[C@@H]3[C@H]2CCN3Cc2ccccn2)cn1. The summed E-state index contributed by atoms with van der Waals surface area (Å²) in [5.41, 5.74) is 2.02. The minimum Gasteiger partial charge on any atom is -0.305 e. The fraction of sp³-hybridized carbons (Fsp3) is 0.471. The lowest BCUT2D eigenvalue weighted by molar-refractivity contribution is -0.120. The molecule has 0 aliphatic carbocycles. The van der Waals surface area contributed by atoms with Crippen LogP contribution in [0.15, 0.2) is 36.8 Å². The van der Waals surface area contributed by atoms with Crippen LogP contribution in [0.5, 0.6) is 0 Å². The van der Waals surface area contributed by atoms with Crippen LogP contribution in [-0.4, -0.2) is 44.2 Å². The Labute approximate surface area is 135 Å². The molecule has 0 aromatic carbocycles. The van der Waals surface area contributed by atoms with E-state index in [-0.39, 0.29) is 11.9 Å². The molecule has 2 aliphatic rings. The molecular formula is C17H21N5O. The van der Waals surface area contributed by atoms with Crippen molar-refractivity contribution in [1.82, 2.24) is 19.7 Å². The van der Waals surface area contributed by atoms with E-state index >= 15 is 0 Å². The van der Waals surface area contributed by atoms with Gasteiger partial charge in [-0.25, -0.2) is 0 Å². The Morgan fingerprint density at radius 1 is 1.26 bits per heavy atom. The van der Waals surface area contributed by atoms with Gasteiger partial charge in [0.05, 0.1) is 23.6 Å². The van der Waals surface area contributed by atoms with Gasteiger partial charge in [-0.3, -0.25) is 19.4 Å². The average Bonchev–Trinajstić information content (AvgIpc) is 3.15. The summed E-state index contributed by atoms with van der Waals surface area (Å²) >= 11 is 0. The molecule has 0 radical (unpaired) electrons. The molecule has 6 nitrogen and oxygen atoms in total. The van der Waals surface area contributed by atoms with Crippen LogP contribution in [0.3, 0.4) is 0 Å². The molecule has 23 heavy (non-hydrogen) atoms. The number of amides is 1. The first-order valence-electron chi connectivity index (χ1n) is 8.17. The zero-order valence-electron chi connectivity index (χ0n) is 13.3. The lowest BCUT2D eigenvalue weighted by Gasteiger charge is -2.39. The van der Waals surface area contributed by atoms with E-state index < -0.39 is 0 Å². The number of likely N-dealkylation sites (tertiary alicyclic amines) is 1. The molecule has 2 atom stereocenters. The van der Waals surface area contributed by atoms with Crippen LogP contribution < -0.4 is 4.90 Å². The van der Waals surface area contributed by atoms with Crippen molar-refractivity contribution in [1.29, 1.82) is 0 Å². The van der Waals surface area contributed by atoms with Crippen molar-refractivity contribution in [2.24, 2.45) is 7.05 Å². The van der Waals surface area contributed by atoms with Crippen LogP contribution in [0.1, 0.15) is 25.0 Å². The Morgan fingerprint density at radius 2 is 2.17 bits per heavy atom. The third-order valence-electron chi connectivity index (χ3n) is 4.94. The summed E-state index contributed by atoms with van der Waals surface area (Å²) in [5, 5.41) is 4.23. The number of fused-ring (bicyclic) bond motifs is 1. The number of hydrogen-bond donors (Lipinski definition) is 0. The summed E-state index contributed by atoms with van der Waals surface area (Å²) in [5.74, 6) is 0.221. The molecule has 120 valence electrons. The lowest BCUT2D eigenvalue weighted by Crippen LogP contribution is -2.52. The Kier molecular flexibility index (Phi) is 3.61. The van der Waals surface area contributed by atoms with Crippen LogP contribution in [0, 0.1) is 0 Å². The average molecular weight is 311 g/mol. The van der Waals surface area contributed by atoms with Crippen LogP contribution in [0.4, 0.5) is 5.69 Å². The molecule has 2 saturated heterocycles. The summed E-state index contributed by atoms with van der Waals surface area (Å²) in [7, 11) is 1.89. The number of rotatable bonds is 3. The van der Waals surface area contributed by atoms with Gasteiger partial charge in [0.15, 0.2) is 0 Å². The normalized spacial score (nSPS) is 24.9. The van der Waals surface area contributed by atoms with Crippen molar-refractivity contribution in [3.63, 3.8) is 0 Å². The minimum atomic E-state index is 0.221. The molecule has 6 heteroatoms. The largest absolute Gasteiger partial charge is 0.305 e. The first-order valence-corrected chi connectivity index (χ1v) is 8.17. The highest BCUT2D eigenvalue weighted by molar-refractivity contribution is 5.94. The smallest absolute Gasteiger partial charge is 0.227 e. The number of nitrogens with zero attached hydrogens (tertiary/aromatic N) is 5. The highest BCUT2D eigenvalue weighted by atomic mass is 16.2. The molecule has 2 aliphatic heterocycles. The molecule has 2 aromatic rings. The molecule has 0 spiro atoms. The maximum atomic E-state index is 12.5. The van der Waals surface area contributed by atoms with E-state index in [9.17, 15) is 4.79 Å². The van der Waals surface area contributed by atoms with Gasteiger partial charge in [-0.05, 0) is 25.0 Å². The van der Waals surface area contributed by atoms with Crippen LogP contribution in [0.2, 0.25) is 0 Å². The first-order chi connectivity index (χ1) is 11.2. The predicted octanol–water partition coefficient (Wildman–Crippen LogP) is 1.58. The summed E-state index contributed by atoms with van der Waals surface area (Å²) in [6.45, 7) is 1.87. The summed E-state index contributed by atoms with van der Waals surface area (Å²) in [4.78, 5) is 21.4. The Morgan fingerprint density at radius 3 is 2.91 bits per heavy atom. The summed E-state index contributed by atoms with van der Waals surface area (Å²) in [6, 6.07) is 6.71. The minimum absolute atomic E-state index is 0.221. The summed E-state index contributed by atoms with van der Waals surface area (Å²) < 4.78 is 1.76. The molecular weight excluding hydrogens is 290 g/mol. The molecule has 1 amide bonds. The van der Waals surface area contributed by atoms with Crippen molar-refractivity contribution >= 4 is 11.6 Å². The van der Waals surface area contributed by atoms with E-state index in [0.717, 1.165) is 37.3 Å². The first kappa shape index (κ1) is 14.4. The number of aryl methyl sites for hydroxylation is 1. The number of carbonyl (C=O) groups excluding carboxylic acids is 1. The maximum Gasteiger partial charge on any atom is 0.227 e. The van der Waals surface area contributed by atoms with Gasteiger partial charge in [0.1, 0.15) is 0 Å². The molecule has 4 heterocycles. The van der Waals surface area contributed by atoms with Gasteiger partial charge in [0.2, 0.25) is 5.91 Å². The van der Waals surface area contributed by atoms with E-state index in [0.29, 0.717) is 12.5 Å². The van der Waals surface area contributed by atoms with Crippen molar-refractivity contribution in [3.8, 4) is 0 Å². The predicted molar refractivity (Wildman–Crippen MR) is 86.8 cm³/mol. The molecule has 2 aromatic heterocycles. The second kappa shape index (κ2) is 5.77. The van der Waals surface area contributed by atoms with Crippen LogP contribution in [-0.2, 0) is 18.4 Å². The topological polar surface area (TPSA) is 54.3 Å². The van der Waals surface area contributed by atoms with E-state index in [4.69, 9.17) is 0 Å². The third-order valence-corrected chi connectivity index (χ3v) is 4.94. The second-order valence-corrected chi connectivity index (χ2v) is 6.39. The lowest BCUT2D eigenvalue weighted by atomic mass is 9.96. The van der Waals surface area contributed by atoms with Crippen molar-refractivity contribution in [3.05, 3.63) is 42.5 Å². The Balaban J connectivity index is 1.55. The van der Waals surface area contributed by atoms with Crippen molar-refractivity contribution in [2.45, 2.75) is 37.9 Å². The van der Waals surface area contributed by atoms with Crippen LogP contribution >= 0.6 is 0 Å². The molecule has 0 N–H and O–H groups in total. The van der Waals surface area contributed by atoms with Gasteiger partial charge >= 0.3 is 0 Å². The standard InChI is InChI=1S/C17H21N5O/c1-20-12-14(10-19-20)22-16-7-9-21(15(16)5-6-17(22)23)11-13-4-2-3-8-18-13/h2-4,8,10,12,15-16H,5-7,9,11H2,1H3/t15-,16-/m1/s1. The number of hydrogen-bond acceptors (Lipinski definition) is 4. The van der Waals surface area contributed by atoms with Crippen LogP contribution in [0.25, 0.3) is 0 Å².